The molecule has 1 atom stereocenters. The minimum absolute atomic E-state index is 0.00734. The normalized spacial score (nSPS) is 14.9. The molecule has 0 aromatic heterocycles. The molecule has 1 aliphatic rings. The molecule has 0 radical (unpaired) electrons. The Morgan fingerprint density at radius 1 is 1.11 bits per heavy atom. The second-order valence-electron chi connectivity index (χ2n) is 6.17. The third-order valence-corrected chi connectivity index (χ3v) is 4.21. The predicted octanol–water partition coefficient (Wildman–Crippen LogP) is 1.96. The lowest BCUT2D eigenvalue weighted by atomic mass is 10.1. The largest absolute Gasteiger partial charge is 0.497 e. The van der Waals surface area contributed by atoms with Crippen molar-refractivity contribution in [3.05, 3.63) is 48.0 Å². The van der Waals surface area contributed by atoms with Crippen molar-refractivity contribution in [2.75, 3.05) is 27.4 Å². The highest BCUT2D eigenvalue weighted by molar-refractivity contribution is 5.85. The second-order valence-corrected chi connectivity index (χ2v) is 6.17. The van der Waals surface area contributed by atoms with E-state index in [0.717, 1.165) is 0 Å². The number of para-hydroxylation sites is 2. The molecule has 1 heterocycles. The van der Waals surface area contributed by atoms with Crippen LogP contribution in [0.15, 0.2) is 42.5 Å². The first kappa shape index (κ1) is 19.3. The van der Waals surface area contributed by atoms with Gasteiger partial charge in [-0.1, -0.05) is 12.1 Å². The molecule has 2 aromatic rings. The number of aliphatic carboxylic acids is 1. The molecule has 0 saturated carbocycles. The lowest BCUT2D eigenvalue weighted by Crippen LogP contribution is -2.47. The predicted molar refractivity (Wildman–Crippen MR) is 99.0 cm³/mol. The highest BCUT2D eigenvalue weighted by Gasteiger charge is 2.32. The molecule has 8 heteroatoms. The Morgan fingerprint density at radius 2 is 1.75 bits per heavy atom. The maximum atomic E-state index is 13.0. The number of methoxy groups -OCH3 is 2. The number of benzene rings is 2. The quantitative estimate of drug-likeness (QED) is 0.776. The number of carbonyl (C=O) groups is 2. The average Bonchev–Trinajstić information content (AvgIpc) is 2.71. The van der Waals surface area contributed by atoms with E-state index >= 15 is 0 Å². The number of ether oxygens (including phenoxy) is 4. The lowest BCUT2D eigenvalue weighted by molar-refractivity contribution is -0.149. The van der Waals surface area contributed by atoms with Gasteiger partial charge in [-0.3, -0.25) is 9.59 Å². The van der Waals surface area contributed by atoms with Gasteiger partial charge in [0, 0.05) is 12.6 Å². The number of carboxylic acids is 1. The molecule has 0 fully saturated rings. The van der Waals surface area contributed by atoms with E-state index in [0.29, 0.717) is 28.6 Å². The maximum Gasteiger partial charge on any atom is 0.323 e. The van der Waals surface area contributed by atoms with Crippen LogP contribution in [0, 0.1) is 0 Å². The molecule has 3 rings (SSSR count). The van der Waals surface area contributed by atoms with Crippen molar-refractivity contribution in [2.45, 2.75) is 12.6 Å². The standard InChI is InChI=1S/C20H21NO7/c1-25-14-7-13(8-15(9-14)26-2)10-21(11-19(22)23)20(24)18-12-27-16-5-3-4-6-17(16)28-18/h3-9,18H,10-12H2,1-2H3,(H,22,23). The molecule has 148 valence electrons. The van der Waals surface area contributed by atoms with Crippen LogP contribution in [-0.2, 0) is 16.1 Å². The van der Waals surface area contributed by atoms with Crippen molar-refractivity contribution in [1.29, 1.82) is 0 Å². The van der Waals surface area contributed by atoms with E-state index in [9.17, 15) is 14.7 Å². The fraction of sp³-hybridized carbons (Fsp3) is 0.300. The van der Waals surface area contributed by atoms with Crippen LogP contribution in [0.25, 0.3) is 0 Å². The molecule has 28 heavy (non-hydrogen) atoms. The van der Waals surface area contributed by atoms with Crippen molar-refractivity contribution in [2.24, 2.45) is 0 Å². The summed E-state index contributed by atoms with van der Waals surface area (Å²) in [6.45, 7) is -0.409. The van der Waals surface area contributed by atoms with Crippen molar-refractivity contribution < 1.29 is 33.6 Å². The SMILES string of the molecule is COc1cc(CN(CC(=O)O)C(=O)C2COc3ccccc3O2)cc(OC)c1. The Kier molecular flexibility index (Phi) is 5.88. The van der Waals surface area contributed by atoms with Crippen LogP contribution < -0.4 is 18.9 Å². The van der Waals surface area contributed by atoms with Gasteiger partial charge >= 0.3 is 5.97 Å². The summed E-state index contributed by atoms with van der Waals surface area (Å²) in [5.74, 6) is 0.491. The summed E-state index contributed by atoms with van der Waals surface area (Å²) in [6.07, 6.45) is -0.929. The molecule has 1 unspecified atom stereocenters. The molecule has 0 saturated heterocycles. The van der Waals surface area contributed by atoms with Crippen LogP contribution in [0.4, 0.5) is 0 Å². The van der Waals surface area contributed by atoms with E-state index in [4.69, 9.17) is 18.9 Å². The van der Waals surface area contributed by atoms with Gasteiger partial charge in [-0.2, -0.15) is 0 Å². The smallest absolute Gasteiger partial charge is 0.323 e. The summed E-state index contributed by atoms with van der Waals surface area (Å²) < 4.78 is 21.8. The van der Waals surface area contributed by atoms with Crippen LogP contribution >= 0.6 is 0 Å². The summed E-state index contributed by atoms with van der Waals surface area (Å²) in [5.41, 5.74) is 0.669. The summed E-state index contributed by atoms with van der Waals surface area (Å²) in [6, 6.07) is 12.2. The Morgan fingerprint density at radius 3 is 2.36 bits per heavy atom. The van der Waals surface area contributed by atoms with Crippen LogP contribution in [0.5, 0.6) is 23.0 Å². The number of amides is 1. The molecular weight excluding hydrogens is 366 g/mol. The topological polar surface area (TPSA) is 94.5 Å². The first-order valence-electron chi connectivity index (χ1n) is 8.61. The second kappa shape index (κ2) is 8.51. The number of hydrogen-bond acceptors (Lipinski definition) is 6. The summed E-state index contributed by atoms with van der Waals surface area (Å²) in [4.78, 5) is 25.5. The van der Waals surface area contributed by atoms with Gasteiger partial charge in [-0.25, -0.2) is 0 Å². The minimum Gasteiger partial charge on any atom is -0.497 e. The number of hydrogen-bond donors (Lipinski definition) is 1. The zero-order chi connectivity index (χ0) is 20.1. The van der Waals surface area contributed by atoms with Gasteiger partial charge in [0.2, 0.25) is 6.10 Å². The van der Waals surface area contributed by atoms with Crippen LogP contribution in [-0.4, -0.2) is 55.4 Å². The number of fused-ring (bicyclic) bond motifs is 1. The average molecular weight is 387 g/mol. The highest BCUT2D eigenvalue weighted by Crippen LogP contribution is 2.31. The summed E-state index contributed by atoms with van der Waals surface area (Å²) in [7, 11) is 3.03. The van der Waals surface area contributed by atoms with Crippen molar-refractivity contribution in [3.63, 3.8) is 0 Å². The van der Waals surface area contributed by atoms with Gasteiger partial charge in [0.1, 0.15) is 24.7 Å². The summed E-state index contributed by atoms with van der Waals surface area (Å²) >= 11 is 0. The van der Waals surface area contributed by atoms with E-state index < -0.39 is 24.5 Å². The molecule has 8 nitrogen and oxygen atoms in total. The van der Waals surface area contributed by atoms with E-state index in [1.807, 2.05) is 0 Å². The molecule has 0 aliphatic carbocycles. The molecule has 1 aliphatic heterocycles. The van der Waals surface area contributed by atoms with Gasteiger partial charge in [0.05, 0.1) is 14.2 Å². The first-order chi connectivity index (χ1) is 13.5. The number of carbonyl (C=O) groups excluding carboxylic acids is 1. The van der Waals surface area contributed by atoms with Gasteiger partial charge in [-0.15, -0.1) is 0 Å². The van der Waals surface area contributed by atoms with Gasteiger partial charge in [0.15, 0.2) is 11.5 Å². The first-order valence-corrected chi connectivity index (χ1v) is 8.61. The lowest BCUT2D eigenvalue weighted by Gasteiger charge is -2.30. The number of carboxylic acid groups (broad SMARTS) is 1. The van der Waals surface area contributed by atoms with Crippen LogP contribution in [0.2, 0.25) is 0 Å². The Bertz CT molecular complexity index is 845. The van der Waals surface area contributed by atoms with E-state index in [1.165, 1.54) is 19.1 Å². The molecule has 0 spiro atoms. The van der Waals surface area contributed by atoms with Crippen LogP contribution in [0.3, 0.4) is 0 Å². The molecule has 1 N–H and O–H groups in total. The van der Waals surface area contributed by atoms with E-state index in [-0.39, 0.29) is 13.2 Å². The Labute approximate surface area is 162 Å². The number of rotatable bonds is 7. The zero-order valence-electron chi connectivity index (χ0n) is 15.6. The van der Waals surface area contributed by atoms with Gasteiger partial charge in [0.25, 0.3) is 5.91 Å². The molecular formula is C20H21NO7. The van der Waals surface area contributed by atoms with Crippen molar-refractivity contribution in [1.82, 2.24) is 4.90 Å². The molecule has 2 aromatic carbocycles. The van der Waals surface area contributed by atoms with Gasteiger partial charge < -0.3 is 29.0 Å². The fourth-order valence-electron chi connectivity index (χ4n) is 2.90. The Hall–Kier alpha value is -3.42. The van der Waals surface area contributed by atoms with Crippen molar-refractivity contribution in [3.8, 4) is 23.0 Å². The zero-order valence-corrected chi connectivity index (χ0v) is 15.6. The minimum atomic E-state index is -1.12. The number of nitrogens with zero attached hydrogens (tertiary/aromatic N) is 1. The van der Waals surface area contributed by atoms with E-state index in [1.54, 1.807) is 42.5 Å². The monoisotopic (exact) mass is 387 g/mol. The third kappa shape index (κ3) is 4.46. The van der Waals surface area contributed by atoms with Crippen LogP contribution in [0.1, 0.15) is 5.56 Å². The van der Waals surface area contributed by atoms with Crippen molar-refractivity contribution >= 4 is 11.9 Å². The highest BCUT2D eigenvalue weighted by atomic mass is 16.6. The Balaban J connectivity index is 1.80. The fourth-order valence-corrected chi connectivity index (χ4v) is 2.90. The maximum absolute atomic E-state index is 13.0. The third-order valence-electron chi connectivity index (χ3n) is 4.21. The van der Waals surface area contributed by atoms with Gasteiger partial charge in [-0.05, 0) is 29.8 Å². The van der Waals surface area contributed by atoms with E-state index in [2.05, 4.69) is 0 Å². The molecule has 0 bridgehead atoms. The molecule has 1 amide bonds. The summed E-state index contributed by atoms with van der Waals surface area (Å²) in [5, 5.41) is 9.25.